The normalized spacial score (nSPS) is 10.6. The zero-order valence-electron chi connectivity index (χ0n) is 10.3. The molecule has 3 N–H and O–H groups in total. The van der Waals surface area contributed by atoms with Gasteiger partial charge in [0.2, 0.25) is 0 Å². The molecule has 0 heterocycles. The van der Waals surface area contributed by atoms with Gasteiger partial charge in [-0.2, -0.15) is 0 Å². The molecule has 102 valence electrons. The second-order valence-corrected chi connectivity index (χ2v) is 5.73. The third-order valence-corrected chi connectivity index (χ3v) is 3.85. The van der Waals surface area contributed by atoms with Crippen LogP contribution >= 0.6 is 12.4 Å². The first-order valence-corrected chi connectivity index (χ1v) is 6.91. The Morgan fingerprint density at radius 3 is 2.26 bits per heavy atom. The fourth-order valence-electron chi connectivity index (χ4n) is 1.52. The molecule has 2 aromatic rings. The summed E-state index contributed by atoms with van der Waals surface area (Å²) in [6, 6.07) is 13.3. The molecule has 0 aromatic heterocycles. The van der Waals surface area contributed by atoms with Gasteiger partial charge in [0, 0.05) is 11.4 Å². The molecule has 0 aliphatic carbocycles. The van der Waals surface area contributed by atoms with Crippen molar-refractivity contribution in [2.45, 2.75) is 11.8 Å². The maximum absolute atomic E-state index is 12.1. The molecular formula is C13H15ClN2O2S. The lowest BCUT2D eigenvalue weighted by molar-refractivity contribution is 0.601. The Balaban J connectivity index is 0.00000180. The number of nitrogen functional groups attached to an aromatic ring is 1. The van der Waals surface area contributed by atoms with E-state index in [1.807, 2.05) is 19.1 Å². The summed E-state index contributed by atoms with van der Waals surface area (Å²) in [5, 5.41) is 0. The Hall–Kier alpha value is -1.72. The van der Waals surface area contributed by atoms with Crippen molar-refractivity contribution in [2.24, 2.45) is 0 Å². The van der Waals surface area contributed by atoms with E-state index in [-0.39, 0.29) is 17.3 Å². The van der Waals surface area contributed by atoms with E-state index in [4.69, 9.17) is 5.73 Å². The van der Waals surface area contributed by atoms with Crippen molar-refractivity contribution in [3.05, 3.63) is 54.1 Å². The number of sulfonamides is 1. The number of hydrogen-bond donors (Lipinski definition) is 2. The monoisotopic (exact) mass is 298 g/mol. The lowest BCUT2D eigenvalue weighted by Gasteiger charge is -2.08. The minimum atomic E-state index is -3.58. The number of nitrogens with two attached hydrogens (primary N) is 1. The Labute approximate surface area is 119 Å². The average molecular weight is 299 g/mol. The lowest BCUT2D eigenvalue weighted by Crippen LogP contribution is -2.13. The van der Waals surface area contributed by atoms with Gasteiger partial charge in [-0.05, 0) is 37.3 Å². The lowest BCUT2D eigenvalue weighted by atomic mass is 10.2. The quantitative estimate of drug-likeness (QED) is 0.856. The summed E-state index contributed by atoms with van der Waals surface area (Å²) < 4.78 is 26.6. The SMILES string of the molecule is Cc1ccc(NS(=O)(=O)c2cccc(N)c2)cc1.Cl. The highest BCUT2D eigenvalue weighted by Gasteiger charge is 2.13. The fraction of sp³-hybridized carbons (Fsp3) is 0.0769. The molecule has 0 spiro atoms. The van der Waals surface area contributed by atoms with Gasteiger partial charge in [-0.1, -0.05) is 23.8 Å². The molecule has 2 aromatic carbocycles. The number of halogens is 1. The van der Waals surface area contributed by atoms with E-state index < -0.39 is 10.0 Å². The minimum absolute atomic E-state index is 0. The molecule has 0 saturated carbocycles. The van der Waals surface area contributed by atoms with E-state index in [0.717, 1.165) is 5.56 Å². The summed E-state index contributed by atoms with van der Waals surface area (Å²) in [4.78, 5) is 0.156. The number of nitrogens with one attached hydrogen (secondary N) is 1. The molecule has 0 bridgehead atoms. The number of aryl methyl sites for hydroxylation is 1. The highest BCUT2D eigenvalue weighted by atomic mass is 35.5. The predicted octanol–water partition coefficient (Wildman–Crippen LogP) is 2.80. The molecule has 2 rings (SSSR count). The van der Waals surface area contributed by atoms with E-state index in [1.165, 1.54) is 12.1 Å². The van der Waals surface area contributed by atoms with Gasteiger partial charge in [0.15, 0.2) is 0 Å². The summed E-state index contributed by atoms with van der Waals surface area (Å²) >= 11 is 0. The molecule has 0 atom stereocenters. The van der Waals surface area contributed by atoms with E-state index in [2.05, 4.69) is 4.72 Å². The second kappa shape index (κ2) is 5.95. The zero-order chi connectivity index (χ0) is 13.2. The van der Waals surface area contributed by atoms with Crippen molar-refractivity contribution in [3.63, 3.8) is 0 Å². The van der Waals surface area contributed by atoms with Crippen molar-refractivity contribution in [2.75, 3.05) is 10.5 Å². The zero-order valence-corrected chi connectivity index (χ0v) is 12.0. The highest BCUT2D eigenvalue weighted by molar-refractivity contribution is 7.92. The molecule has 0 amide bonds. The second-order valence-electron chi connectivity index (χ2n) is 4.04. The molecule has 0 aliphatic rings. The van der Waals surface area contributed by atoms with Crippen LogP contribution in [-0.4, -0.2) is 8.42 Å². The van der Waals surface area contributed by atoms with Gasteiger partial charge in [0.05, 0.1) is 4.90 Å². The molecule has 0 aliphatic heterocycles. The van der Waals surface area contributed by atoms with Gasteiger partial charge >= 0.3 is 0 Å². The van der Waals surface area contributed by atoms with Gasteiger partial charge in [-0.3, -0.25) is 4.72 Å². The third-order valence-electron chi connectivity index (χ3n) is 2.47. The van der Waals surface area contributed by atoms with Crippen LogP contribution in [-0.2, 0) is 10.0 Å². The van der Waals surface area contributed by atoms with Crippen molar-refractivity contribution in [1.82, 2.24) is 0 Å². The van der Waals surface area contributed by atoms with Gasteiger partial charge in [-0.25, -0.2) is 8.42 Å². The number of hydrogen-bond acceptors (Lipinski definition) is 3. The number of rotatable bonds is 3. The third kappa shape index (κ3) is 3.87. The van der Waals surface area contributed by atoms with Gasteiger partial charge in [-0.15, -0.1) is 12.4 Å². The van der Waals surface area contributed by atoms with Crippen LogP contribution in [0.5, 0.6) is 0 Å². The molecule has 0 fully saturated rings. The Bertz CT molecular complexity index is 655. The van der Waals surface area contributed by atoms with Crippen molar-refractivity contribution in [3.8, 4) is 0 Å². The van der Waals surface area contributed by atoms with E-state index >= 15 is 0 Å². The molecular weight excluding hydrogens is 284 g/mol. The van der Waals surface area contributed by atoms with Crippen LogP contribution in [0.3, 0.4) is 0 Å². The summed E-state index contributed by atoms with van der Waals surface area (Å²) in [5.74, 6) is 0. The van der Waals surface area contributed by atoms with Crippen LogP contribution in [0, 0.1) is 6.92 Å². The molecule has 0 saturated heterocycles. The summed E-state index contributed by atoms with van der Waals surface area (Å²) in [5.41, 5.74) is 7.60. The molecule has 19 heavy (non-hydrogen) atoms. The Kier molecular flexibility index (Phi) is 4.80. The Morgan fingerprint density at radius 2 is 1.68 bits per heavy atom. The summed E-state index contributed by atoms with van der Waals surface area (Å²) in [6.07, 6.45) is 0. The van der Waals surface area contributed by atoms with Gasteiger partial charge in [0.25, 0.3) is 10.0 Å². The maximum atomic E-state index is 12.1. The van der Waals surface area contributed by atoms with Crippen molar-refractivity contribution < 1.29 is 8.42 Å². The first-order chi connectivity index (χ1) is 8.47. The van der Waals surface area contributed by atoms with Crippen molar-refractivity contribution in [1.29, 1.82) is 0 Å². The maximum Gasteiger partial charge on any atom is 0.261 e. The smallest absolute Gasteiger partial charge is 0.261 e. The molecule has 4 nitrogen and oxygen atoms in total. The Morgan fingerprint density at radius 1 is 1.05 bits per heavy atom. The van der Waals surface area contributed by atoms with Crippen LogP contribution in [0.1, 0.15) is 5.56 Å². The van der Waals surface area contributed by atoms with Crippen LogP contribution in [0.4, 0.5) is 11.4 Å². The molecule has 6 heteroatoms. The largest absolute Gasteiger partial charge is 0.399 e. The van der Waals surface area contributed by atoms with E-state index in [1.54, 1.807) is 24.3 Å². The summed E-state index contributed by atoms with van der Waals surface area (Å²) in [6.45, 7) is 1.94. The van der Waals surface area contributed by atoms with Gasteiger partial charge < -0.3 is 5.73 Å². The van der Waals surface area contributed by atoms with Crippen LogP contribution in [0.15, 0.2) is 53.4 Å². The standard InChI is InChI=1S/C13H14N2O2S.ClH/c1-10-5-7-12(8-6-10)15-18(16,17)13-4-2-3-11(14)9-13;/h2-9,15H,14H2,1H3;1H. The van der Waals surface area contributed by atoms with Crippen LogP contribution in [0.25, 0.3) is 0 Å². The number of benzene rings is 2. The average Bonchev–Trinajstić information content (AvgIpc) is 2.32. The predicted molar refractivity (Wildman–Crippen MR) is 80.1 cm³/mol. The molecule has 0 unspecified atom stereocenters. The highest BCUT2D eigenvalue weighted by Crippen LogP contribution is 2.18. The van der Waals surface area contributed by atoms with Crippen molar-refractivity contribution >= 4 is 33.8 Å². The first-order valence-electron chi connectivity index (χ1n) is 5.42. The molecule has 0 radical (unpaired) electrons. The van der Waals surface area contributed by atoms with Crippen LogP contribution < -0.4 is 10.5 Å². The minimum Gasteiger partial charge on any atom is -0.399 e. The van der Waals surface area contributed by atoms with Crippen LogP contribution in [0.2, 0.25) is 0 Å². The first kappa shape index (κ1) is 15.3. The summed E-state index contributed by atoms with van der Waals surface area (Å²) in [7, 11) is -3.58. The van der Waals surface area contributed by atoms with E-state index in [9.17, 15) is 8.42 Å². The topological polar surface area (TPSA) is 72.2 Å². The van der Waals surface area contributed by atoms with Gasteiger partial charge in [0.1, 0.15) is 0 Å². The van der Waals surface area contributed by atoms with E-state index in [0.29, 0.717) is 11.4 Å². The fourth-order valence-corrected chi connectivity index (χ4v) is 2.63. The number of anilines is 2.